The van der Waals surface area contributed by atoms with Crippen LogP contribution in [0.1, 0.15) is 62.1 Å². The maximum atomic E-state index is 4.55. The van der Waals surface area contributed by atoms with Gasteiger partial charge in [0.1, 0.15) is 11.6 Å². The Morgan fingerprint density at radius 2 is 2.10 bits per heavy atom. The Kier molecular flexibility index (Phi) is 3.80. The van der Waals surface area contributed by atoms with E-state index in [0.29, 0.717) is 5.92 Å². The van der Waals surface area contributed by atoms with Gasteiger partial charge in [0.2, 0.25) is 0 Å². The first kappa shape index (κ1) is 14.3. The molecule has 0 saturated heterocycles. The van der Waals surface area contributed by atoms with Crippen molar-refractivity contribution in [1.29, 1.82) is 0 Å². The van der Waals surface area contributed by atoms with Gasteiger partial charge in [0, 0.05) is 38.3 Å². The number of nitrogens with one attached hydrogen (secondary N) is 1. The highest BCUT2D eigenvalue weighted by Crippen LogP contribution is 2.21. The molecule has 1 N–H and O–H groups in total. The third-order valence-corrected chi connectivity index (χ3v) is 4.11. The van der Waals surface area contributed by atoms with Crippen LogP contribution in [0, 0.1) is 0 Å². The zero-order valence-corrected chi connectivity index (χ0v) is 13.3. The highest BCUT2D eigenvalue weighted by molar-refractivity contribution is 5.20. The first-order chi connectivity index (χ1) is 10.1. The Labute approximate surface area is 125 Å². The van der Waals surface area contributed by atoms with E-state index in [0.717, 1.165) is 31.2 Å². The van der Waals surface area contributed by atoms with Crippen LogP contribution in [0.5, 0.6) is 0 Å². The summed E-state index contributed by atoms with van der Waals surface area (Å²) < 4.78 is 4.15. The molecule has 0 saturated carbocycles. The molecule has 0 fully saturated rings. The summed E-state index contributed by atoms with van der Waals surface area (Å²) in [5, 5.41) is 16.7. The normalized spacial score (nSPS) is 15.7. The second-order valence-electron chi connectivity index (χ2n) is 6.20. The highest BCUT2D eigenvalue weighted by atomic mass is 15.3. The fraction of sp³-hybridized carbons (Fsp3) is 0.667. The standard InChI is InChI=1S/C15H24N6/c1-10(2)14-12(9-20(4)19-14)8-16-11(3)15-18-17-13-6-5-7-21(13)15/h9-11,16H,5-8H2,1-4H3. The van der Waals surface area contributed by atoms with E-state index >= 15 is 0 Å². The molecule has 21 heavy (non-hydrogen) atoms. The van der Waals surface area contributed by atoms with Crippen molar-refractivity contribution in [2.24, 2.45) is 7.05 Å². The average molecular weight is 288 g/mol. The molecule has 1 aliphatic heterocycles. The van der Waals surface area contributed by atoms with Crippen LogP contribution in [0.4, 0.5) is 0 Å². The van der Waals surface area contributed by atoms with Gasteiger partial charge in [-0.25, -0.2) is 0 Å². The smallest absolute Gasteiger partial charge is 0.149 e. The monoisotopic (exact) mass is 288 g/mol. The fourth-order valence-electron chi connectivity index (χ4n) is 3.02. The first-order valence-corrected chi connectivity index (χ1v) is 7.74. The van der Waals surface area contributed by atoms with Gasteiger partial charge in [0.25, 0.3) is 0 Å². The topological polar surface area (TPSA) is 60.6 Å². The van der Waals surface area contributed by atoms with Gasteiger partial charge in [-0.05, 0) is 19.3 Å². The molecule has 6 nitrogen and oxygen atoms in total. The van der Waals surface area contributed by atoms with Crippen molar-refractivity contribution in [3.63, 3.8) is 0 Å². The van der Waals surface area contributed by atoms with Crippen LogP contribution in [-0.2, 0) is 26.6 Å². The number of fused-ring (bicyclic) bond motifs is 1. The number of hydrogen-bond acceptors (Lipinski definition) is 4. The Morgan fingerprint density at radius 1 is 1.29 bits per heavy atom. The fourth-order valence-corrected chi connectivity index (χ4v) is 3.02. The van der Waals surface area contributed by atoms with Gasteiger partial charge in [-0.3, -0.25) is 4.68 Å². The summed E-state index contributed by atoms with van der Waals surface area (Å²) in [6.45, 7) is 8.38. The zero-order valence-electron chi connectivity index (χ0n) is 13.3. The summed E-state index contributed by atoms with van der Waals surface area (Å²) in [5.74, 6) is 2.62. The molecule has 0 radical (unpaired) electrons. The number of nitrogens with zero attached hydrogens (tertiary/aromatic N) is 5. The lowest BCUT2D eigenvalue weighted by molar-refractivity contribution is 0.514. The molecule has 114 valence electrons. The molecule has 0 spiro atoms. The van der Waals surface area contributed by atoms with E-state index in [-0.39, 0.29) is 6.04 Å². The van der Waals surface area contributed by atoms with Crippen LogP contribution in [-0.4, -0.2) is 24.5 Å². The summed E-state index contributed by atoms with van der Waals surface area (Å²) in [4.78, 5) is 0. The number of aromatic nitrogens is 5. The molecule has 2 aromatic rings. The van der Waals surface area contributed by atoms with Crippen LogP contribution < -0.4 is 5.32 Å². The lowest BCUT2D eigenvalue weighted by atomic mass is 10.1. The second kappa shape index (κ2) is 5.60. The summed E-state index contributed by atoms with van der Waals surface area (Å²) in [5.41, 5.74) is 2.43. The van der Waals surface area contributed by atoms with E-state index < -0.39 is 0 Å². The van der Waals surface area contributed by atoms with Crippen molar-refractivity contribution in [3.8, 4) is 0 Å². The van der Waals surface area contributed by atoms with E-state index in [4.69, 9.17) is 0 Å². The molecule has 1 unspecified atom stereocenters. The van der Waals surface area contributed by atoms with E-state index in [1.807, 2.05) is 11.7 Å². The lowest BCUT2D eigenvalue weighted by Crippen LogP contribution is -2.22. The molecular formula is C15H24N6. The molecule has 0 amide bonds. The molecule has 2 aromatic heterocycles. The minimum absolute atomic E-state index is 0.199. The van der Waals surface area contributed by atoms with Crippen LogP contribution >= 0.6 is 0 Å². The average Bonchev–Trinajstić information content (AvgIpc) is 3.09. The van der Waals surface area contributed by atoms with Crippen molar-refractivity contribution in [2.75, 3.05) is 0 Å². The maximum absolute atomic E-state index is 4.55. The predicted molar refractivity (Wildman–Crippen MR) is 80.9 cm³/mol. The zero-order chi connectivity index (χ0) is 15.0. The van der Waals surface area contributed by atoms with Crippen molar-refractivity contribution in [1.82, 2.24) is 29.9 Å². The minimum Gasteiger partial charge on any atom is -0.314 e. The molecule has 0 aromatic carbocycles. The Bertz CT molecular complexity index is 624. The lowest BCUT2D eigenvalue weighted by Gasteiger charge is -2.14. The second-order valence-corrected chi connectivity index (χ2v) is 6.20. The largest absolute Gasteiger partial charge is 0.314 e. The first-order valence-electron chi connectivity index (χ1n) is 7.74. The Hall–Kier alpha value is -1.69. The Balaban J connectivity index is 1.70. The van der Waals surface area contributed by atoms with E-state index in [9.17, 15) is 0 Å². The van der Waals surface area contributed by atoms with Crippen LogP contribution in [0.25, 0.3) is 0 Å². The number of rotatable bonds is 5. The number of hydrogen-bond donors (Lipinski definition) is 1. The summed E-state index contributed by atoms with van der Waals surface area (Å²) >= 11 is 0. The van der Waals surface area contributed by atoms with Crippen molar-refractivity contribution >= 4 is 0 Å². The Morgan fingerprint density at radius 3 is 2.86 bits per heavy atom. The minimum atomic E-state index is 0.199. The predicted octanol–water partition coefficient (Wildman–Crippen LogP) is 1.93. The van der Waals surface area contributed by atoms with Gasteiger partial charge in [-0.1, -0.05) is 13.8 Å². The van der Waals surface area contributed by atoms with E-state index in [2.05, 4.69) is 52.1 Å². The molecule has 1 aliphatic rings. The van der Waals surface area contributed by atoms with Gasteiger partial charge in [0.15, 0.2) is 0 Å². The summed E-state index contributed by atoms with van der Waals surface area (Å²) in [6.07, 6.45) is 4.34. The van der Waals surface area contributed by atoms with Crippen molar-refractivity contribution < 1.29 is 0 Å². The van der Waals surface area contributed by atoms with Crippen LogP contribution in [0.3, 0.4) is 0 Å². The highest BCUT2D eigenvalue weighted by Gasteiger charge is 2.21. The van der Waals surface area contributed by atoms with Crippen molar-refractivity contribution in [3.05, 3.63) is 29.1 Å². The third-order valence-electron chi connectivity index (χ3n) is 4.11. The van der Waals surface area contributed by atoms with Gasteiger partial charge >= 0.3 is 0 Å². The number of aryl methyl sites for hydroxylation is 2. The molecule has 3 rings (SSSR count). The van der Waals surface area contributed by atoms with Crippen molar-refractivity contribution in [2.45, 2.75) is 58.7 Å². The molecule has 1 atom stereocenters. The summed E-state index contributed by atoms with van der Waals surface area (Å²) in [6, 6.07) is 0.199. The SMILES string of the molecule is CC(C)c1nn(C)cc1CNC(C)c1nnc2n1CCC2. The quantitative estimate of drug-likeness (QED) is 0.913. The molecule has 6 heteroatoms. The maximum Gasteiger partial charge on any atom is 0.149 e. The van der Waals surface area contributed by atoms with E-state index in [1.54, 1.807) is 0 Å². The van der Waals surface area contributed by atoms with Gasteiger partial charge < -0.3 is 9.88 Å². The van der Waals surface area contributed by atoms with E-state index in [1.165, 1.54) is 17.7 Å². The molecular weight excluding hydrogens is 264 g/mol. The third kappa shape index (κ3) is 2.72. The molecule has 0 aliphatic carbocycles. The molecule has 0 bridgehead atoms. The van der Waals surface area contributed by atoms with Gasteiger partial charge in [-0.15, -0.1) is 10.2 Å². The van der Waals surface area contributed by atoms with Gasteiger partial charge in [0.05, 0.1) is 11.7 Å². The van der Waals surface area contributed by atoms with Gasteiger partial charge in [-0.2, -0.15) is 5.10 Å². The summed E-state index contributed by atoms with van der Waals surface area (Å²) in [7, 11) is 1.98. The van der Waals surface area contributed by atoms with Crippen LogP contribution in [0.15, 0.2) is 6.20 Å². The molecule has 3 heterocycles. The van der Waals surface area contributed by atoms with Crippen LogP contribution in [0.2, 0.25) is 0 Å².